The van der Waals surface area contributed by atoms with E-state index < -0.39 is 50.9 Å². The Balaban J connectivity index is 2.01. The van der Waals surface area contributed by atoms with E-state index in [0.717, 1.165) is 4.90 Å². The lowest BCUT2D eigenvalue weighted by molar-refractivity contribution is -0.125. The van der Waals surface area contributed by atoms with Crippen LogP contribution in [0.5, 0.6) is 0 Å². The van der Waals surface area contributed by atoms with Crippen LogP contribution in [-0.4, -0.2) is 74.5 Å². The average Bonchev–Trinajstić information content (AvgIpc) is 2.64. The number of phosphoric acid groups is 1. The number of nitrogens with one attached hydrogen (secondary N) is 1. The molecule has 4 atom stereocenters. The third kappa shape index (κ3) is 3.77. The third-order valence-electron chi connectivity index (χ3n) is 3.14. The van der Waals surface area contributed by atoms with E-state index in [2.05, 4.69) is 4.52 Å². The second-order valence-electron chi connectivity index (χ2n) is 4.63. The Labute approximate surface area is 118 Å². The molecule has 0 radical (unpaired) electrons. The zero-order valence-corrected chi connectivity index (χ0v) is 11.5. The number of carbonyl (C=O) groups excluding carboxylic acids is 2. The van der Waals surface area contributed by atoms with Gasteiger partial charge in [0.15, 0.2) is 6.23 Å². The van der Waals surface area contributed by atoms with Crippen LogP contribution in [0.25, 0.3) is 0 Å². The minimum Gasteiger partial charge on any atom is -0.387 e. The average molecular weight is 326 g/mol. The lowest BCUT2D eigenvalue weighted by atomic mass is 10.1. The van der Waals surface area contributed by atoms with Gasteiger partial charge in [0, 0.05) is 13.0 Å². The van der Waals surface area contributed by atoms with Crippen LogP contribution in [0.4, 0.5) is 4.79 Å². The Morgan fingerprint density at radius 3 is 2.57 bits per heavy atom. The van der Waals surface area contributed by atoms with Crippen LogP contribution < -0.4 is 5.32 Å². The number of hydrogen-bond acceptors (Lipinski definition) is 7. The molecular weight excluding hydrogens is 311 g/mol. The number of rotatable bonds is 4. The van der Waals surface area contributed by atoms with E-state index in [0.29, 0.717) is 0 Å². The van der Waals surface area contributed by atoms with Crippen molar-refractivity contribution < 1.29 is 43.4 Å². The summed E-state index contributed by atoms with van der Waals surface area (Å²) >= 11 is 0. The van der Waals surface area contributed by atoms with Gasteiger partial charge in [-0.15, -0.1) is 0 Å². The monoisotopic (exact) mass is 326 g/mol. The number of ether oxygens (including phenoxy) is 1. The Morgan fingerprint density at radius 1 is 1.33 bits per heavy atom. The van der Waals surface area contributed by atoms with Crippen LogP contribution in [0.15, 0.2) is 0 Å². The molecule has 0 spiro atoms. The molecule has 0 bridgehead atoms. The summed E-state index contributed by atoms with van der Waals surface area (Å²) in [6.45, 7) is -0.668. The van der Waals surface area contributed by atoms with Gasteiger partial charge in [-0.25, -0.2) is 9.36 Å². The fourth-order valence-corrected chi connectivity index (χ4v) is 2.46. The van der Waals surface area contributed by atoms with Crippen molar-refractivity contribution in [2.24, 2.45) is 0 Å². The summed E-state index contributed by atoms with van der Waals surface area (Å²) in [7, 11) is -4.75. The Bertz CT molecular complexity index is 480. The molecule has 5 N–H and O–H groups in total. The fraction of sp³-hybridized carbons (Fsp3) is 0.778. The molecule has 0 unspecified atom stereocenters. The normalized spacial score (nSPS) is 34.2. The van der Waals surface area contributed by atoms with Crippen LogP contribution in [-0.2, 0) is 18.6 Å². The summed E-state index contributed by atoms with van der Waals surface area (Å²) in [5, 5.41) is 21.7. The highest BCUT2D eigenvalue weighted by atomic mass is 31.2. The standard InChI is InChI=1S/C9H15N2O9P/c12-5-1-2-11(9(15)10-5)8-7(14)6(13)4(20-8)3-19-21(16,17)18/h4,6-8,13-14H,1-3H2,(H,10,12,15)(H2,16,17,18)/t4-,6-,7-,8-/m0/s1. The Kier molecular flexibility index (Phi) is 4.63. The van der Waals surface area contributed by atoms with Gasteiger partial charge in [-0.3, -0.25) is 19.5 Å². The molecule has 0 aliphatic carbocycles. The summed E-state index contributed by atoms with van der Waals surface area (Å²) in [5.41, 5.74) is 0. The van der Waals surface area contributed by atoms with Gasteiger partial charge in [0.25, 0.3) is 0 Å². The van der Waals surface area contributed by atoms with E-state index in [4.69, 9.17) is 14.5 Å². The predicted octanol–water partition coefficient (Wildman–Crippen LogP) is -2.52. The number of nitrogens with zero attached hydrogens (tertiary/aromatic N) is 1. The second kappa shape index (κ2) is 5.97. The topological polar surface area (TPSA) is 166 Å². The fourth-order valence-electron chi connectivity index (χ4n) is 2.11. The maximum absolute atomic E-state index is 11.6. The summed E-state index contributed by atoms with van der Waals surface area (Å²) in [4.78, 5) is 40.9. The Morgan fingerprint density at radius 2 is 2.00 bits per heavy atom. The Hall–Kier alpha value is -1.07. The van der Waals surface area contributed by atoms with Crippen LogP contribution in [0.3, 0.4) is 0 Å². The maximum atomic E-state index is 11.6. The van der Waals surface area contributed by atoms with Gasteiger partial charge in [-0.2, -0.15) is 0 Å². The maximum Gasteiger partial charge on any atom is 0.469 e. The summed E-state index contributed by atoms with van der Waals surface area (Å²) < 4.78 is 20.0. The van der Waals surface area contributed by atoms with E-state index in [9.17, 15) is 24.4 Å². The molecule has 0 aromatic rings. The first-order chi connectivity index (χ1) is 9.69. The summed E-state index contributed by atoms with van der Waals surface area (Å²) in [5.74, 6) is -0.467. The van der Waals surface area contributed by atoms with Gasteiger partial charge in [-0.05, 0) is 0 Å². The van der Waals surface area contributed by atoms with E-state index in [1.54, 1.807) is 0 Å². The summed E-state index contributed by atoms with van der Waals surface area (Å²) in [6, 6.07) is -0.779. The van der Waals surface area contributed by atoms with Crippen molar-refractivity contribution in [3.8, 4) is 0 Å². The first-order valence-corrected chi connectivity index (χ1v) is 7.54. The first-order valence-electron chi connectivity index (χ1n) is 6.01. The zero-order valence-electron chi connectivity index (χ0n) is 10.7. The summed E-state index contributed by atoms with van der Waals surface area (Å²) in [6.07, 6.45) is -5.43. The molecule has 2 aliphatic heterocycles. The first kappa shape index (κ1) is 16.3. The van der Waals surface area contributed by atoms with Gasteiger partial charge in [0.2, 0.25) is 5.91 Å². The number of urea groups is 1. The van der Waals surface area contributed by atoms with Crippen molar-refractivity contribution in [3.05, 3.63) is 0 Å². The molecule has 12 heteroatoms. The highest BCUT2D eigenvalue weighted by Gasteiger charge is 2.48. The third-order valence-corrected chi connectivity index (χ3v) is 3.62. The molecule has 2 aliphatic rings. The lowest BCUT2D eigenvalue weighted by Crippen LogP contribution is -2.56. The molecule has 0 aromatic carbocycles. The molecule has 11 nitrogen and oxygen atoms in total. The van der Waals surface area contributed by atoms with Crippen LogP contribution >= 0.6 is 7.82 Å². The number of aliphatic hydroxyl groups is 2. The quantitative estimate of drug-likeness (QED) is 0.350. The molecule has 21 heavy (non-hydrogen) atoms. The van der Waals surface area contributed by atoms with Gasteiger partial charge < -0.3 is 24.7 Å². The molecule has 0 saturated carbocycles. The van der Waals surface area contributed by atoms with Crippen LogP contribution in [0, 0.1) is 0 Å². The molecular formula is C9H15N2O9P. The van der Waals surface area contributed by atoms with Crippen molar-refractivity contribution in [2.45, 2.75) is 31.0 Å². The van der Waals surface area contributed by atoms with Crippen molar-refractivity contribution in [1.29, 1.82) is 0 Å². The molecule has 0 aromatic heterocycles. The highest BCUT2D eigenvalue weighted by Crippen LogP contribution is 2.37. The van der Waals surface area contributed by atoms with Gasteiger partial charge >= 0.3 is 13.9 Å². The van der Waals surface area contributed by atoms with Crippen molar-refractivity contribution in [1.82, 2.24) is 10.2 Å². The molecule has 3 amide bonds. The SMILES string of the molecule is O=C1CCN([C@H]2O[C@@H](COP(=O)(O)O)[C@H](O)[C@@H]2O)C(=O)N1. The van der Waals surface area contributed by atoms with E-state index in [-0.39, 0.29) is 13.0 Å². The minimum atomic E-state index is -4.75. The van der Waals surface area contributed by atoms with Crippen molar-refractivity contribution >= 4 is 19.8 Å². The predicted molar refractivity (Wildman–Crippen MR) is 63.5 cm³/mol. The molecule has 120 valence electrons. The molecule has 2 saturated heterocycles. The van der Waals surface area contributed by atoms with Gasteiger partial charge in [0.05, 0.1) is 6.61 Å². The van der Waals surface area contributed by atoms with Crippen LogP contribution in [0.2, 0.25) is 0 Å². The van der Waals surface area contributed by atoms with E-state index in [1.165, 1.54) is 0 Å². The number of aliphatic hydroxyl groups excluding tert-OH is 2. The van der Waals surface area contributed by atoms with E-state index in [1.807, 2.05) is 5.32 Å². The number of amides is 3. The number of phosphoric ester groups is 1. The number of imide groups is 1. The van der Waals surface area contributed by atoms with E-state index >= 15 is 0 Å². The largest absolute Gasteiger partial charge is 0.469 e. The van der Waals surface area contributed by atoms with Crippen molar-refractivity contribution in [3.63, 3.8) is 0 Å². The molecule has 2 heterocycles. The van der Waals surface area contributed by atoms with Crippen LogP contribution in [0.1, 0.15) is 6.42 Å². The van der Waals surface area contributed by atoms with Crippen molar-refractivity contribution in [2.75, 3.05) is 13.2 Å². The number of carbonyl (C=O) groups is 2. The molecule has 2 fully saturated rings. The lowest BCUT2D eigenvalue weighted by Gasteiger charge is -2.32. The zero-order chi connectivity index (χ0) is 15.8. The second-order valence-corrected chi connectivity index (χ2v) is 5.87. The van der Waals surface area contributed by atoms with Gasteiger partial charge in [-0.1, -0.05) is 0 Å². The highest BCUT2D eigenvalue weighted by molar-refractivity contribution is 7.46. The minimum absolute atomic E-state index is 0.00875. The molecule has 2 rings (SSSR count). The number of hydrogen-bond donors (Lipinski definition) is 5. The smallest absolute Gasteiger partial charge is 0.387 e. The van der Waals surface area contributed by atoms with Gasteiger partial charge in [0.1, 0.15) is 18.3 Å².